The highest BCUT2D eigenvalue weighted by molar-refractivity contribution is 7.47. The monoisotopic (exact) mass is 1110 g/mol. The van der Waals surface area contributed by atoms with E-state index in [1.807, 2.05) is 21.1 Å². The molecular formula is C68H119NO8P+. The fourth-order valence-electron chi connectivity index (χ4n) is 8.51. The third-order valence-corrected chi connectivity index (χ3v) is 14.3. The number of phosphoric acid groups is 1. The number of esters is 2. The van der Waals surface area contributed by atoms with Gasteiger partial charge in [-0.2, -0.15) is 0 Å². The summed E-state index contributed by atoms with van der Waals surface area (Å²) in [5.74, 6) is -0.830. The Balaban J connectivity index is 3.92. The number of quaternary nitrogens is 1. The molecule has 0 aliphatic carbocycles. The Kier molecular flexibility index (Phi) is 55.8. The average Bonchev–Trinajstić information content (AvgIpc) is 3.40. The average molecular weight is 1110 g/mol. The van der Waals surface area contributed by atoms with Gasteiger partial charge in [0.1, 0.15) is 19.8 Å². The highest BCUT2D eigenvalue weighted by Gasteiger charge is 2.27. The summed E-state index contributed by atoms with van der Waals surface area (Å²) in [6.45, 7) is 4.17. The molecule has 2 unspecified atom stereocenters. The zero-order valence-electron chi connectivity index (χ0n) is 50.9. The van der Waals surface area contributed by atoms with Crippen LogP contribution in [0.4, 0.5) is 0 Å². The van der Waals surface area contributed by atoms with Crippen molar-refractivity contribution in [2.45, 2.75) is 264 Å². The topological polar surface area (TPSA) is 108 Å². The molecule has 0 saturated heterocycles. The van der Waals surface area contributed by atoms with Crippen molar-refractivity contribution in [3.05, 3.63) is 109 Å². The Bertz CT molecular complexity index is 1680. The second kappa shape index (κ2) is 58.3. The largest absolute Gasteiger partial charge is 0.472 e. The number of phosphoric ester groups is 1. The number of hydrogen-bond acceptors (Lipinski definition) is 7. The van der Waals surface area contributed by atoms with Gasteiger partial charge in [0.25, 0.3) is 0 Å². The quantitative estimate of drug-likeness (QED) is 0.0211. The van der Waals surface area contributed by atoms with Gasteiger partial charge in [-0.15, -0.1) is 0 Å². The van der Waals surface area contributed by atoms with E-state index >= 15 is 0 Å². The Morgan fingerprint density at radius 3 is 1.04 bits per heavy atom. The molecule has 10 heteroatoms. The second-order valence-corrected chi connectivity index (χ2v) is 23.5. The summed E-state index contributed by atoms with van der Waals surface area (Å²) in [5, 5.41) is 0. The molecule has 0 aromatic carbocycles. The fourth-order valence-corrected chi connectivity index (χ4v) is 9.25. The lowest BCUT2D eigenvalue weighted by Gasteiger charge is -2.24. The molecule has 0 aliphatic heterocycles. The highest BCUT2D eigenvalue weighted by atomic mass is 31.2. The van der Waals surface area contributed by atoms with Crippen LogP contribution in [-0.2, 0) is 32.7 Å². The number of likely N-dealkylation sites (N-methyl/N-ethyl adjacent to an activating group) is 1. The van der Waals surface area contributed by atoms with Crippen LogP contribution >= 0.6 is 7.82 Å². The smallest absolute Gasteiger partial charge is 0.462 e. The fraction of sp³-hybridized carbons (Fsp3) is 0.706. The summed E-state index contributed by atoms with van der Waals surface area (Å²) < 4.78 is 34.5. The lowest BCUT2D eigenvalue weighted by atomic mass is 10.0. The molecule has 78 heavy (non-hydrogen) atoms. The van der Waals surface area contributed by atoms with E-state index < -0.39 is 32.5 Å². The lowest BCUT2D eigenvalue weighted by Crippen LogP contribution is -2.37. The van der Waals surface area contributed by atoms with Gasteiger partial charge in [-0.25, -0.2) is 4.57 Å². The first-order chi connectivity index (χ1) is 38.0. The minimum atomic E-state index is -4.39. The van der Waals surface area contributed by atoms with E-state index in [1.165, 1.54) is 128 Å². The first-order valence-electron chi connectivity index (χ1n) is 31.6. The van der Waals surface area contributed by atoms with Crippen LogP contribution in [0.15, 0.2) is 109 Å². The summed E-state index contributed by atoms with van der Waals surface area (Å²) in [4.78, 5) is 35.6. The maximum Gasteiger partial charge on any atom is 0.472 e. The molecule has 448 valence electrons. The molecule has 0 saturated carbocycles. The van der Waals surface area contributed by atoms with Gasteiger partial charge >= 0.3 is 19.8 Å². The number of unbranched alkanes of at least 4 members (excludes halogenated alkanes) is 25. The van der Waals surface area contributed by atoms with Gasteiger partial charge in [-0.05, 0) is 96.3 Å². The lowest BCUT2D eigenvalue weighted by molar-refractivity contribution is -0.870. The molecule has 0 fully saturated rings. The van der Waals surface area contributed by atoms with Gasteiger partial charge in [0, 0.05) is 12.8 Å². The maximum absolute atomic E-state index is 12.8. The predicted molar refractivity (Wildman–Crippen MR) is 335 cm³/mol. The van der Waals surface area contributed by atoms with Crippen molar-refractivity contribution in [3.63, 3.8) is 0 Å². The zero-order chi connectivity index (χ0) is 57.0. The molecule has 0 amide bonds. The molecule has 0 spiro atoms. The minimum absolute atomic E-state index is 0.0243. The van der Waals surface area contributed by atoms with Crippen LogP contribution < -0.4 is 0 Å². The van der Waals surface area contributed by atoms with Crippen LogP contribution in [0, 0.1) is 0 Å². The van der Waals surface area contributed by atoms with Crippen LogP contribution in [0.1, 0.15) is 258 Å². The number of nitrogens with zero attached hydrogens (tertiary/aromatic N) is 1. The van der Waals surface area contributed by atoms with Crippen molar-refractivity contribution in [2.75, 3.05) is 47.5 Å². The molecular weight excluding hydrogens is 990 g/mol. The van der Waals surface area contributed by atoms with Crippen LogP contribution in [0.2, 0.25) is 0 Å². The van der Waals surface area contributed by atoms with E-state index in [1.54, 1.807) is 0 Å². The van der Waals surface area contributed by atoms with Crippen molar-refractivity contribution in [3.8, 4) is 0 Å². The van der Waals surface area contributed by atoms with Crippen LogP contribution in [0.3, 0.4) is 0 Å². The molecule has 0 rings (SSSR count). The third kappa shape index (κ3) is 61.9. The third-order valence-electron chi connectivity index (χ3n) is 13.3. The van der Waals surface area contributed by atoms with Gasteiger partial charge in [0.2, 0.25) is 0 Å². The van der Waals surface area contributed by atoms with E-state index in [0.717, 1.165) is 89.9 Å². The molecule has 0 aliphatic rings. The second-order valence-electron chi connectivity index (χ2n) is 22.0. The molecule has 0 aromatic rings. The van der Waals surface area contributed by atoms with Gasteiger partial charge in [-0.3, -0.25) is 18.6 Å². The zero-order valence-corrected chi connectivity index (χ0v) is 51.8. The molecule has 0 bridgehead atoms. The molecule has 0 radical (unpaired) electrons. The van der Waals surface area contributed by atoms with Crippen LogP contribution in [0.25, 0.3) is 0 Å². The first-order valence-corrected chi connectivity index (χ1v) is 33.1. The summed E-state index contributed by atoms with van der Waals surface area (Å²) in [5.41, 5.74) is 0. The van der Waals surface area contributed by atoms with E-state index in [-0.39, 0.29) is 26.1 Å². The predicted octanol–water partition coefficient (Wildman–Crippen LogP) is 20.2. The number of allylic oxidation sites excluding steroid dienone is 18. The summed E-state index contributed by atoms with van der Waals surface area (Å²) >= 11 is 0. The Morgan fingerprint density at radius 2 is 0.692 bits per heavy atom. The van der Waals surface area contributed by atoms with Crippen LogP contribution in [-0.4, -0.2) is 74.9 Å². The molecule has 2 atom stereocenters. The maximum atomic E-state index is 12.8. The normalized spacial score (nSPS) is 14.0. The molecule has 9 nitrogen and oxygen atoms in total. The minimum Gasteiger partial charge on any atom is -0.462 e. The van der Waals surface area contributed by atoms with Crippen molar-refractivity contribution in [2.24, 2.45) is 0 Å². The van der Waals surface area contributed by atoms with Crippen molar-refractivity contribution in [1.82, 2.24) is 0 Å². The molecule has 1 N–H and O–H groups in total. The standard InChI is InChI=1S/C68H118NO8P/c1-6-8-10-12-14-16-18-20-21-22-23-24-25-26-27-28-29-30-31-32-33-34-35-36-37-38-39-40-41-42-43-44-45-46-47-49-51-53-55-57-59-61-68(71)77-66(65-76-78(72,73)75-63-62-69(3,4)5)64-74-67(70)60-58-56-54-52-50-48-19-17-15-13-11-9-7-2/h8-11,14-17,20-21,23-24,26-27,29-30,48,50,66H,6-7,12-13,18-19,22,25,28,31-47,49,51-65H2,1-5H3/p+1/b10-8-,11-9-,16-14-,17-15-,21-20-,24-23-,27-26-,30-29-,50-48-. The number of hydrogen-bond donors (Lipinski definition) is 1. The number of carbonyl (C=O) groups excluding carboxylic acids is 2. The van der Waals surface area contributed by atoms with Crippen LogP contribution in [0.5, 0.6) is 0 Å². The van der Waals surface area contributed by atoms with E-state index in [2.05, 4.69) is 123 Å². The Morgan fingerprint density at radius 1 is 0.397 bits per heavy atom. The van der Waals surface area contributed by atoms with E-state index in [9.17, 15) is 19.0 Å². The van der Waals surface area contributed by atoms with Crippen molar-refractivity contribution >= 4 is 19.8 Å². The summed E-state index contributed by atoms with van der Waals surface area (Å²) in [6.07, 6.45) is 82.1. The van der Waals surface area contributed by atoms with E-state index in [4.69, 9.17) is 18.5 Å². The summed E-state index contributed by atoms with van der Waals surface area (Å²) in [7, 11) is 1.46. The summed E-state index contributed by atoms with van der Waals surface area (Å²) in [6, 6.07) is 0. The van der Waals surface area contributed by atoms with Gasteiger partial charge in [0.05, 0.1) is 27.7 Å². The molecule has 0 aromatic heterocycles. The van der Waals surface area contributed by atoms with Crippen molar-refractivity contribution in [1.29, 1.82) is 0 Å². The number of ether oxygens (including phenoxy) is 2. The Hall–Kier alpha value is -3.33. The first kappa shape index (κ1) is 74.7. The van der Waals surface area contributed by atoms with Gasteiger partial charge < -0.3 is 18.9 Å². The Labute approximate surface area is 480 Å². The molecule has 0 heterocycles. The highest BCUT2D eigenvalue weighted by Crippen LogP contribution is 2.43. The number of rotatable bonds is 57. The van der Waals surface area contributed by atoms with Gasteiger partial charge in [0.15, 0.2) is 6.10 Å². The van der Waals surface area contributed by atoms with E-state index in [0.29, 0.717) is 23.9 Å². The van der Waals surface area contributed by atoms with Crippen molar-refractivity contribution < 1.29 is 42.1 Å². The SMILES string of the molecule is CC/C=C\C/C=C\C/C=C\C/C=C\C/C=C\C/C=C\CCCCCCCCCCCCCCCCCCCCCCCCC(=O)OC(COC(=O)CCCCC/C=C\C/C=C\C/C=C\CC)COP(=O)(O)OCC[N+](C)(C)C. The van der Waals surface area contributed by atoms with Gasteiger partial charge in [-0.1, -0.05) is 258 Å². The number of carbonyl (C=O) groups is 2.